The molecule has 0 bridgehead atoms. The van der Waals surface area contributed by atoms with Crippen molar-refractivity contribution in [2.24, 2.45) is 0 Å². The molecule has 0 radical (unpaired) electrons. The van der Waals surface area contributed by atoms with Crippen LogP contribution < -0.4 is 15.4 Å². The number of carbonyl (C=O) groups is 3. The van der Waals surface area contributed by atoms with Crippen molar-refractivity contribution >= 4 is 29.2 Å². The van der Waals surface area contributed by atoms with Crippen LogP contribution in [0.2, 0.25) is 0 Å². The summed E-state index contributed by atoms with van der Waals surface area (Å²) in [6, 6.07) is 14.0. The third-order valence-electron chi connectivity index (χ3n) is 3.52. The zero-order valence-electron chi connectivity index (χ0n) is 15.3. The minimum Gasteiger partial charge on any atom is -0.482 e. The number of hydrogen-bond acceptors (Lipinski definition) is 5. The lowest BCUT2D eigenvalue weighted by atomic mass is 10.2. The molecule has 0 aliphatic rings. The number of esters is 1. The summed E-state index contributed by atoms with van der Waals surface area (Å²) in [6.07, 6.45) is 0.922. The van der Waals surface area contributed by atoms with Crippen molar-refractivity contribution in [3.05, 3.63) is 54.1 Å². The Morgan fingerprint density at radius 2 is 1.59 bits per heavy atom. The van der Waals surface area contributed by atoms with Crippen molar-refractivity contribution in [2.75, 3.05) is 23.8 Å². The summed E-state index contributed by atoms with van der Waals surface area (Å²) in [5.74, 6) is -0.785. The minimum atomic E-state index is -0.642. The molecule has 2 N–H and O–H groups in total. The predicted molar refractivity (Wildman–Crippen MR) is 102 cm³/mol. The number of nitrogens with one attached hydrogen (secondary N) is 2. The third-order valence-corrected chi connectivity index (χ3v) is 3.52. The fourth-order valence-electron chi connectivity index (χ4n) is 2.23. The van der Waals surface area contributed by atoms with Crippen molar-refractivity contribution < 1.29 is 23.9 Å². The summed E-state index contributed by atoms with van der Waals surface area (Å²) in [4.78, 5) is 34.6. The van der Waals surface area contributed by atoms with E-state index in [0.717, 1.165) is 6.42 Å². The lowest BCUT2D eigenvalue weighted by Gasteiger charge is -2.09. The van der Waals surface area contributed by atoms with Crippen LogP contribution in [0.15, 0.2) is 48.5 Å². The maximum absolute atomic E-state index is 11.9. The highest BCUT2D eigenvalue weighted by Crippen LogP contribution is 2.15. The van der Waals surface area contributed by atoms with Crippen LogP contribution in [0.3, 0.4) is 0 Å². The van der Waals surface area contributed by atoms with E-state index in [-0.39, 0.29) is 12.5 Å². The van der Waals surface area contributed by atoms with Gasteiger partial charge in [-0.1, -0.05) is 25.1 Å². The quantitative estimate of drug-likeness (QED) is 0.697. The summed E-state index contributed by atoms with van der Waals surface area (Å²) in [7, 11) is 0. The molecular weight excluding hydrogens is 348 g/mol. The Balaban J connectivity index is 1.74. The van der Waals surface area contributed by atoms with Crippen molar-refractivity contribution in [3.8, 4) is 5.75 Å². The van der Waals surface area contributed by atoms with Crippen LogP contribution in [0, 0.1) is 0 Å². The van der Waals surface area contributed by atoms with E-state index in [4.69, 9.17) is 9.47 Å². The zero-order valence-corrected chi connectivity index (χ0v) is 15.3. The lowest BCUT2D eigenvalue weighted by molar-refractivity contribution is -0.149. The Bertz CT molecular complexity index is 802. The van der Waals surface area contributed by atoms with Gasteiger partial charge in [-0.05, 0) is 42.3 Å². The van der Waals surface area contributed by atoms with Gasteiger partial charge >= 0.3 is 5.97 Å². The molecule has 0 atom stereocenters. The molecule has 0 saturated heterocycles. The smallest absolute Gasteiger partial charge is 0.344 e. The van der Waals surface area contributed by atoms with Gasteiger partial charge < -0.3 is 20.1 Å². The van der Waals surface area contributed by atoms with Gasteiger partial charge in [0, 0.05) is 18.3 Å². The Hall–Kier alpha value is -3.35. The molecule has 2 rings (SSSR count). The summed E-state index contributed by atoms with van der Waals surface area (Å²) >= 11 is 0. The molecule has 2 aromatic rings. The van der Waals surface area contributed by atoms with E-state index in [1.165, 1.54) is 12.5 Å². The molecule has 0 saturated carbocycles. The normalized spacial score (nSPS) is 10.0. The monoisotopic (exact) mass is 370 g/mol. The van der Waals surface area contributed by atoms with Gasteiger partial charge in [0.1, 0.15) is 5.75 Å². The van der Waals surface area contributed by atoms with Crippen LogP contribution in [-0.2, 0) is 25.5 Å². The van der Waals surface area contributed by atoms with Gasteiger partial charge in [-0.25, -0.2) is 4.79 Å². The molecule has 2 aromatic carbocycles. The van der Waals surface area contributed by atoms with Gasteiger partial charge in [0.15, 0.2) is 13.2 Å². The van der Waals surface area contributed by atoms with Crippen LogP contribution in [0.25, 0.3) is 0 Å². The largest absolute Gasteiger partial charge is 0.482 e. The van der Waals surface area contributed by atoms with Crippen LogP contribution >= 0.6 is 0 Å². The van der Waals surface area contributed by atoms with Crippen molar-refractivity contribution in [3.63, 3.8) is 0 Å². The SMILES string of the molecule is CCc1ccc(OCC(=O)OCC(=O)Nc2cccc(NC(C)=O)c2)cc1. The topological polar surface area (TPSA) is 93.7 Å². The van der Waals surface area contributed by atoms with E-state index in [0.29, 0.717) is 17.1 Å². The van der Waals surface area contributed by atoms with Gasteiger partial charge in [-0.15, -0.1) is 0 Å². The number of hydrogen-bond donors (Lipinski definition) is 2. The molecule has 0 spiro atoms. The molecule has 0 unspecified atom stereocenters. The third kappa shape index (κ3) is 7.19. The number of anilines is 2. The number of rotatable bonds is 8. The highest BCUT2D eigenvalue weighted by Gasteiger charge is 2.09. The van der Waals surface area contributed by atoms with Crippen LogP contribution in [0.5, 0.6) is 5.75 Å². The van der Waals surface area contributed by atoms with Crippen LogP contribution in [0.4, 0.5) is 11.4 Å². The second-order valence-electron chi connectivity index (χ2n) is 5.76. The van der Waals surface area contributed by atoms with E-state index in [2.05, 4.69) is 10.6 Å². The molecule has 0 aromatic heterocycles. The van der Waals surface area contributed by atoms with Crippen LogP contribution in [-0.4, -0.2) is 31.0 Å². The zero-order chi connectivity index (χ0) is 19.6. The van der Waals surface area contributed by atoms with Crippen molar-refractivity contribution in [2.45, 2.75) is 20.3 Å². The standard InChI is InChI=1S/C20H22N2O5/c1-3-15-7-9-18(10-8-15)26-13-20(25)27-12-19(24)22-17-6-4-5-16(11-17)21-14(2)23/h4-11H,3,12-13H2,1-2H3,(H,21,23)(H,22,24). The summed E-state index contributed by atoms with van der Waals surface area (Å²) in [5, 5.41) is 5.21. The van der Waals surface area contributed by atoms with Crippen molar-refractivity contribution in [1.29, 1.82) is 0 Å². The van der Waals surface area contributed by atoms with Gasteiger partial charge in [-0.2, -0.15) is 0 Å². The maximum Gasteiger partial charge on any atom is 0.344 e. The van der Waals surface area contributed by atoms with Gasteiger partial charge in [-0.3, -0.25) is 9.59 Å². The number of amides is 2. The van der Waals surface area contributed by atoms with E-state index in [1.54, 1.807) is 36.4 Å². The first-order chi connectivity index (χ1) is 13.0. The molecule has 142 valence electrons. The van der Waals surface area contributed by atoms with E-state index in [9.17, 15) is 14.4 Å². The molecule has 27 heavy (non-hydrogen) atoms. The average molecular weight is 370 g/mol. The molecule has 0 aliphatic carbocycles. The number of benzene rings is 2. The summed E-state index contributed by atoms with van der Waals surface area (Å²) in [5.41, 5.74) is 2.21. The first-order valence-electron chi connectivity index (χ1n) is 8.51. The van der Waals surface area contributed by atoms with Gasteiger partial charge in [0.25, 0.3) is 5.91 Å². The Labute approximate surface area is 157 Å². The molecule has 0 fully saturated rings. The lowest BCUT2D eigenvalue weighted by Crippen LogP contribution is -2.23. The summed E-state index contributed by atoms with van der Waals surface area (Å²) < 4.78 is 10.2. The fraction of sp³-hybridized carbons (Fsp3) is 0.250. The highest BCUT2D eigenvalue weighted by molar-refractivity contribution is 5.94. The fourth-order valence-corrected chi connectivity index (χ4v) is 2.23. The predicted octanol–water partition coefficient (Wildman–Crippen LogP) is 2.77. The molecule has 0 aliphatic heterocycles. The summed E-state index contributed by atoms with van der Waals surface area (Å²) in [6.45, 7) is 2.73. The maximum atomic E-state index is 11.9. The second kappa shape index (κ2) is 9.96. The first-order valence-corrected chi connectivity index (χ1v) is 8.51. The number of ether oxygens (including phenoxy) is 2. The molecular formula is C20H22N2O5. The van der Waals surface area contributed by atoms with Crippen LogP contribution in [0.1, 0.15) is 19.4 Å². The van der Waals surface area contributed by atoms with Gasteiger partial charge in [0.05, 0.1) is 0 Å². The Kier molecular flexibility index (Phi) is 7.37. The molecule has 7 heteroatoms. The second-order valence-corrected chi connectivity index (χ2v) is 5.76. The Morgan fingerprint density at radius 1 is 0.926 bits per heavy atom. The molecule has 0 heterocycles. The van der Waals surface area contributed by atoms with Crippen molar-refractivity contribution in [1.82, 2.24) is 0 Å². The van der Waals surface area contributed by atoms with E-state index < -0.39 is 18.5 Å². The minimum absolute atomic E-state index is 0.211. The average Bonchev–Trinajstić information content (AvgIpc) is 2.65. The van der Waals surface area contributed by atoms with Gasteiger partial charge in [0.2, 0.25) is 5.91 Å². The highest BCUT2D eigenvalue weighted by atomic mass is 16.6. The molecule has 7 nitrogen and oxygen atoms in total. The number of aryl methyl sites for hydroxylation is 1. The number of carbonyl (C=O) groups excluding carboxylic acids is 3. The molecule has 2 amide bonds. The van der Waals surface area contributed by atoms with E-state index >= 15 is 0 Å². The van der Waals surface area contributed by atoms with E-state index in [1.807, 2.05) is 19.1 Å². The Morgan fingerprint density at radius 3 is 2.22 bits per heavy atom. The first kappa shape index (κ1) is 20.0.